The quantitative estimate of drug-likeness (QED) is 0.399. The van der Waals surface area contributed by atoms with E-state index in [2.05, 4.69) is 4.98 Å². The second-order valence-corrected chi connectivity index (χ2v) is 8.83. The number of nitrogens with zero attached hydrogens (tertiary/aromatic N) is 2. The summed E-state index contributed by atoms with van der Waals surface area (Å²) in [4.78, 5) is 31.5. The van der Waals surface area contributed by atoms with Gasteiger partial charge in [-0.1, -0.05) is 23.2 Å². The number of hydrogen-bond acceptors (Lipinski definition) is 5. The Kier molecular flexibility index (Phi) is 7.36. The number of halogens is 2. The molecule has 0 unspecified atom stereocenters. The summed E-state index contributed by atoms with van der Waals surface area (Å²) in [6, 6.07) is 12.3. The SMILES string of the molecule is COc1ccc(C(=O)C2CCN(C(=O)CCc3ncc(-c4ccc(Cl)cc4Cl)o3)CC2)cc1. The monoisotopic (exact) mass is 486 g/mol. The maximum Gasteiger partial charge on any atom is 0.223 e. The average Bonchev–Trinajstić information content (AvgIpc) is 3.31. The first-order chi connectivity index (χ1) is 15.9. The molecule has 0 saturated carbocycles. The number of rotatable bonds is 7. The molecule has 4 rings (SSSR count). The van der Waals surface area contributed by atoms with E-state index in [1.54, 1.807) is 55.8 Å². The minimum absolute atomic E-state index is 0.0367. The van der Waals surface area contributed by atoms with Gasteiger partial charge in [0.05, 0.1) is 18.3 Å². The number of hydrogen-bond donors (Lipinski definition) is 0. The van der Waals surface area contributed by atoms with Crippen LogP contribution in [0.25, 0.3) is 11.3 Å². The van der Waals surface area contributed by atoms with E-state index in [1.807, 2.05) is 4.90 Å². The third kappa shape index (κ3) is 5.57. The van der Waals surface area contributed by atoms with Gasteiger partial charge in [0.25, 0.3) is 0 Å². The van der Waals surface area contributed by atoms with E-state index in [4.69, 9.17) is 32.4 Å². The molecule has 2 heterocycles. The number of piperidine rings is 1. The molecule has 0 bridgehead atoms. The van der Waals surface area contributed by atoms with Gasteiger partial charge < -0.3 is 14.1 Å². The Hall–Kier alpha value is -2.83. The van der Waals surface area contributed by atoms with E-state index in [1.165, 1.54) is 0 Å². The summed E-state index contributed by atoms with van der Waals surface area (Å²) in [6.07, 6.45) is 3.62. The summed E-state index contributed by atoms with van der Waals surface area (Å²) < 4.78 is 10.9. The Morgan fingerprint density at radius 1 is 1.12 bits per heavy atom. The van der Waals surface area contributed by atoms with Crippen molar-refractivity contribution in [2.45, 2.75) is 25.7 Å². The number of likely N-dealkylation sites (tertiary alicyclic amines) is 1. The first kappa shape index (κ1) is 23.3. The molecular weight excluding hydrogens is 463 g/mol. The van der Waals surface area contributed by atoms with Crippen molar-refractivity contribution in [2.75, 3.05) is 20.2 Å². The van der Waals surface area contributed by atoms with Crippen LogP contribution in [0.2, 0.25) is 10.0 Å². The average molecular weight is 487 g/mol. The minimum atomic E-state index is -0.0686. The van der Waals surface area contributed by atoms with Crippen LogP contribution >= 0.6 is 23.2 Å². The van der Waals surface area contributed by atoms with Crippen molar-refractivity contribution in [2.24, 2.45) is 5.92 Å². The van der Waals surface area contributed by atoms with Crippen LogP contribution in [-0.4, -0.2) is 41.8 Å². The van der Waals surface area contributed by atoms with E-state index in [0.29, 0.717) is 71.6 Å². The number of aromatic nitrogens is 1. The number of oxazole rings is 1. The van der Waals surface area contributed by atoms with Crippen LogP contribution in [0.5, 0.6) is 5.75 Å². The van der Waals surface area contributed by atoms with Crippen LogP contribution in [0.1, 0.15) is 35.5 Å². The number of methoxy groups -OCH3 is 1. The third-order valence-electron chi connectivity index (χ3n) is 5.90. The van der Waals surface area contributed by atoms with Gasteiger partial charge in [-0.15, -0.1) is 0 Å². The molecule has 1 aromatic heterocycles. The van der Waals surface area contributed by atoms with Gasteiger partial charge in [-0.3, -0.25) is 9.59 Å². The number of ether oxygens (including phenoxy) is 1. The fourth-order valence-electron chi connectivity index (χ4n) is 3.99. The summed E-state index contributed by atoms with van der Waals surface area (Å²) in [6.45, 7) is 1.14. The van der Waals surface area contributed by atoms with Crippen molar-refractivity contribution in [1.82, 2.24) is 9.88 Å². The number of benzene rings is 2. The summed E-state index contributed by atoms with van der Waals surface area (Å²) in [7, 11) is 1.60. The Labute approximate surface area is 202 Å². The number of aryl methyl sites for hydroxylation is 1. The van der Waals surface area contributed by atoms with Crippen molar-refractivity contribution in [3.05, 3.63) is 70.2 Å². The molecule has 1 saturated heterocycles. The molecule has 172 valence electrons. The third-order valence-corrected chi connectivity index (χ3v) is 6.44. The standard InChI is InChI=1S/C25H24Cl2N2O4/c1-32-19-5-2-16(3-6-19)25(31)17-10-12-29(13-11-17)24(30)9-8-23-28-15-22(33-23)20-7-4-18(26)14-21(20)27/h2-7,14-15,17H,8-13H2,1H3. The van der Waals surface area contributed by atoms with Gasteiger partial charge in [0.15, 0.2) is 17.4 Å². The van der Waals surface area contributed by atoms with Gasteiger partial charge >= 0.3 is 0 Å². The van der Waals surface area contributed by atoms with Crippen LogP contribution in [0.15, 0.2) is 53.1 Å². The normalized spacial score (nSPS) is 14.3. The molecule has 1 aliphatic rings. The van der Waals surface area contributed by atoms with E-state index < -0.39 is 0 Å². The molecule has 1 fully saturated rings. The van der Waals surface area contributed by atoms with Crippen LogP contribution < -0.4 is 4.74 Å². The molecule has 3 aromatic rings. The first-order valence-corrected chi connectivity index (χ1v) is 11.6. The van der Waals surface area contributed by atoms with E-state index in [-0.39, 0.29) is 17.6 Å². The number of amides is 1. The van der Waals surface area contributed by atoms with Gasteiger partial charge in [-0.25, -0.2) is 4.98 Å². The summed E-state index contributed by atoms with van der Waals surface area (Å²) >= 11 is 12.2. The minimum Gasteiger partial charge on any atom is -0.497 e. The Balaban J connectivity index is 1.27. The zero-order valence-electron chi connectivity index (χ0n) is 18.2. The molecule has 2 aromatic carbocycles. The molecule has 0 spiro atoms. The van der Waals surface area contributed by atoms with Crippen LogP contribution in [-0.2, 0) is 11.2 Å². The lowest BCUT2D eigenvalue weighted by Gasteiger charge is -2.31. The van der Waals surface area contributed by atoms with E-state index in [9.17, 15) is 9.59 Å². The van der Waals surface area contributed by atoms with Gasteiger partial charge in [-0.2, -0.15) is 0 Å². The molecule has 0 radical (unpaired) electrons. The Morgan fingerprint density at radius 2 is 1.85 bits per heavy atom. The maximum atomic E-state index is 12.8. The number of ketones is 1. The molecule has 1 aliphatic heterocycles. The molecule has 0 atom stereocenters. The molecule has 0 N–H and O–H groups in total. The predicted molar refractivity (Wildman–Crippen MR) is 127 cm³/mol. The van der Waals surface area contributed by atoms with Gasteiger partial charge in [0, 0.05) is 48.0 Å². The summed E-state index contributed by atoms with van der Waals surface area (Å²) in [5.74, 6) is 1.83. The van der Waals surface area contributed by atoms with Crippen molar-refractivity contribution >= 4 is 34.9 Å². The molecule has 1 amide bonds. The second-order valence-electron chi connectivity index (χ2n) is 7.99. The smallest absolute Gasteiger partial charge is 0.223 e. The molecular formula is C25H24Cl2N2O4. The lowest BCUT2D eigenvalue weighted by atomic mass is 9.88. The van der Waals surface area contributed by atoms with Crippen LogP contribution in [0.4, 0.5) is 0 Å². The molecule has 8 heteroatoms. The number of carbonyl (C=O) groups excluding carboxylic acids is 2. The van der Waals surface area contributed by atoms with Crippen LogP contribution in [0, 0.1) is 5.92 Å². The second kappa shape index (κ2) is 10.4. The van der Waals surface area contributed by atoms with Crippen molar-refractivity contribution in [3.63, 3.8) is 0 Å². The van der Waals surface area contributed by atoms with Crippen molar-refractivity contribution in [1.29, 1.82) is 0 Å². The predicted octanol–water partition coefficient (Wildman–Crippen LogP) is 5.71. The Morgan fingerprint density at radius 3 is 2.52 bits per heavy atom. The highest BCUT2D eigenvalue weighted by atomic mass is 35.5. The first-order valence-electron chi connectivity index (χ1n) is 10.8. The fourth-order valence-corrected chi connectivity index (χ4v) is 4.50. The van der Waals surface area contributed by atoms with Crippen LogP contribution in [0.3, 0.4) is 0 Å². The van der Waals surface area contributed by atoms with E-state index in [0.717, 1.165) is 5.75 Å². The molecule has 0 aliphatic carbocycles. The van der Waals surface area contributed by atoms with Gasteiger partial charge in [0.1, 0.15) is 5.75 Å². The molecule has 33 heavy (non-hydrogen) atoms. The van der Waals surface area contributed by atoms with Crippen molar-refractivity contribution in [3.8, 4) is 17.1 Å². The maximum absolute atomic E-state index is 12.8. The summed E-state index contributed by atoms with van der Waals surface area (Å²) in [5.41, 5.74) is 1.39. The number of carbonyl (C=O) groups is 2. The zero-order chi connectivity index (χ0) is 23.4. The van der Waals surface area contributed by atoms with Gasteiger partial charge in [0.2, 0.25) is 5.91 Å². The highest BCUT2D eigenvalue weighted by Crippen LogP contribution is 2.31. The van der Waals surface area contributed by atoms with Gasteiger partial charge in [-0.05, 0) is 55.3 Å². The molecule has 6 nitrogen and oxygen atoms in total. The lowest BCUT2D eigenvalue weighted by molar-refractivity contribution is -0.132. The Bertz CT molecular complexity index is 1140. The fraction of sp³-hybridized carbons (Fsp3) is 0.320. The van der Waals surface area contributed by atoms with Crippen molar-refractivity contribution < 1.29 is 18.7 Å². The highest BCUT2D eigenvalue weighted by molar-refractivity contribution is 6.36. The topological polar surface area (TPSA) is 72.6 Å². The number of Topliss-reactive ketones (excluding diaryl/α,β-unsaturated/α-hetero) is 1. The zero-order valence-corrected chi connectivity index (χ0v) is 19.7. The van der Waals surface area contributed by atoms with E-state index >= 15 is 0 Å². The largest absolute Gasteiger partial charge is 0.497 e. The highest BCUT2D eigenvalue weighted by Gasteiger charge is 2.28. The summed E-state index contributed by atoms with van der Waals surface area (Å²) in [5, 5.41) is 1.02. The lowest BCUT2D eigenvalue weighted by Crippen LogP contribution is -2.40.